The summed E-state index contributed by atoms with van der Waals surface area (Å²) in [6.07, 6.45) is -4.79. The van der Waals surface area contributed by atoms with Crippen molar-refractivity contribution in [3.05, 3.63) is 35.4 Å². The third-order valence-electron chi connectivity index (χ3n) is 4.79. The molecule has 1 N–H and O–H groups in total. The van der Waals surface area contributed by atoms with Gasteiger partial charge in [0.2, 0.25) is 0 Å². The average Bonchev–Trinajstić information content (AvgIpc) is 2.56. The molecule has 0 amide bonds. The van der Waals surface area contributed by atoms with Crippen molar-refractivity contribution in [3.8, 4) is 0 Å². The first-order valence-electron chi connectivity index (χ1n) is 7.83. The summed E-state index contributed by atoms with van der Waals surface area (Å²) >= 11 is 0. The lowest BCUT2D eigenvalue weighted by Gasteiger charge is -2.32. The van der Waals surface area contributed by atoms with E-state index in [4.69, 9.17) is 0 Å². The highest BCUT2D eigenvalue weighted by molar-refractivity contribution is 5.32. The Bertz CT molecular complexity index is 695. The quantitative estimate of drug-likeness (QED) is 0.639. The van der Waals surface area contributed by atoms with E-state index in [-0.39, 0.29) is 5.56 Å². The first-order chi connectivity index (χ1) is 11.8. The SMILES string of the molecule is CC(C)(C)c1cccc(C(O)CC2(F)C(F)(F)C(F)(F)C(F)(F)C2(F)F)c1. The van der Waals surface area contributed by atoms with Gasteiger partial charge < -0.3 is 5.11 Å². The van der Waals surface area contributed by atoms with Crippen molar-refractivity contribution in [1.82, 2.24) is 0 Å². The van der Waals surface area contributed by atoms with Gasteiger partial charge in [0.1, 0.15) is 0 Å². The molecule has 1 unspecified atom stereocenters. The monoisotopic (exact) mass is 408 g/mol. The van der Waals surface area contributed by atoms with E-state index in [1.807, 2.05) is 0 Å². The largest absolute Gasteiger partial charge is 0.388 e. The second-order valence-corrected chi connectivity index (χ2v) is 7.69. The number of rotatable bonds is 3. The van der Waals surface area contributed by atoms with Gasteiger partial charge in [0, 0.05) is 6.42 Å². The molecule has 1 aromatic carbocycles. The molecule has 0 heterocycles. The number of halogens is 9. The molecule has 10 heteroatoms. The molecule has 1 aliphatic rings. The lowest BCUT2D eigenvalue weighted by Crippen LogP contribution is -2.55. The molecule has 27 heavy (non-hydrogen) atoms. The van der Waals surface area contributed by atoms with Crippen LogP contribution in [0.3, 0.4) is 0 Å². The minimum absolute atomic E-state index is 0.343. The molecular formula is C17H17F9O. The highest BCUT2D eigenvalue weighted by Crippen LogP contribution is 2.70. The van der Waals surface area contributed by atoms with Crippen LogP contribution in [-0.4, -0.2) is 34.5 Å². The Balaban J connectivity index is 2.49. The smallest absolute Gasteiger partial charge is 0.381 e. The van der Waals surface area contributed by atoms with E-state index in [1.54, 1.807) is 26.8 Å². The van der Waals surface area contributed by atoms with Crippen molar-refractivity contribution in [3.63, 3.8) is 0 Å². The zero-order valence-corrected chi connectivity index (χ0v) is 14.4. The number of aliphatic hydroxyl groups excluding tert-OH is 1. The molecule has 0 radical (unpaired) electrons. The first kappa shape index (κ1) is 21.8. The third-order valence-corrected chi connectivity index (χ3v) is 4.79. The maximum Gasteiger partial charge on any atom is 0.381 e. The van der Waals surface area contributed by atoms with Gasteiger partial charge in [-0.3, -0.25) is 0 Å². The predicted molar refractivity (Wildman–Crippen MR) is 78.3 cm³/mol. The topological polar surface area (TPSA) is 20.2 Å². The van der Waals surface area contributed by atoms with Crippen molar-refractivity contribution in [2.24, 2.45) is 0 Å². The Labute approximate surface area is 149 Å². The minimum atomic E-state index is -6.63. The van der Waals surface area contributed by atoms with Crippen LogP contribution in [0.15, 0.2) is 24.3 Å². The summed E-state index contributed by atoms with van der Waals surface area (Å²) < 4.78 is 122. The number of hydrogen-bond donors (Lipinski definition) is 1. The maximum atomic E-state index is 14.5. The molecule has 1 aromatic rings. The summed E-state index contributed by atoms with van der Waals surface area (Å²) in [5.74, 6) is -26.1. The molecule has 0 spiro atoms. The molecule has 1 nitrogen and oxygen atoms in total. The summed E-state index contributed by atoms with van der Waals surface area (Å²) in [5, 5.41) is 9.94. The summed E-state index contributed by atoms with van der Waals surface area (Å²) in [6.45, 7) is 5.15. The summed E-state index contributed by atoms with van der Waals surface area (Å²) in [7, 11) is 0. The predicted octanol–water partition coefficient (Wildman–Crippen LogP) is 5.67. The molecule has 1 fully saturated rings. The van der Waals surface area contributed by atoms with E-state index in [2.05, 4.69) is 0 Å². The molecular weight excluding hydrogens is 391 g/mol. The molecule has 1 saturated carbocycles. The van der Waals surface area contributed by atoms with E-state index in [1.165, 1.54) is 12.1 Å². The Morgan fingerprint density at radius 2 is 1.26 bits per heavy atom. The molecule has 0 bridgehead atoms. The number of alkyl halides is 9. The third kappa shape index (κ3) is 2.66. The van der Waals surface area contributed by atoms with Gasteiger partial charge in [0.25, 0.3) is 5.67 Å². The van der Waals surface area contributed by atoms with E-state index in [0.717, 1.165) is 6.07 Å². The van der Waals surface area contributed by atoms with E-state index >= 15 is 0 Å². The molecule has 0 aliphatic heterocycles. The standard InChI is InChI=1S/C17H17F9O/c1-12(2,3)10-6-4-5-9(7-10)11(27)8-13(18)14(19,20)16(23,24)17(25,26)15(13,21)22/h4-7,11,27H,8H2,1-3H3. The second kappa shape index (κ2) is 5.78. The average molecular weight is 408 g/mol. The van der Waals surface area contributed by atoms with Crippen LogP contribution >= 0.6 is 0 Å². The van der Waals surface area contributed by atoms with Crippen molar-refractivity contribution in [2.45, 2.75) is 68.1 Å². The fraction of sp³-hybridized carbons (Fsp3) is 0.647. The van der Waals surface area contributed by atoms with Gasteiger partial charge in [0.05, 0.1) is 6.10 Å². The van der Waals surface area contributed by atoms with Gasteiger partial charge in [-0.25, -0.2) is 4.39 Å². The van der Waals surface area contributed by atoms with Gasteiger partial charge in [-0.1, -0.05) is 45.0 Å². The molecule has 0 aromatic heterocycles. The minimum Gasteiger partial charge on any atom is -0.388 e. The van der Waals surface area contributed by atoms with Gasteiger partial charge in [-0.15, -0.1) is 0 Å². The Morgan fingerprint density at radius 3 is 1.67 bits per heavy atom. The van der Waals surface area contributed by atoms with Crippen molar-refractivity contribution in [2.75, 3.05) is 0 Å². The van der Waals surface area contributed by atoms with Crippen molar-refractivity contribution >= 4 is 0 Å². The highest BCUT2D eigenvalue weighted by Gasteiger charge is 3.00. The number of hydrogen-bond acceptors (Lipinski definition) is 1. The van der Waals surface area contributed by atoms with Crippen LogP contribution in [0.1, 0.15) is 44.4 Å². The van der Waals surface area contributed by atoms with Crippen LogP contribution in [0.4, 0.5) is 39.5 Å². The van der Waals surface area contributed by atoms with Gasteiger partial charge in [-0.2, -0.15) is 35.1 Å². The molecule has 154 valence electrons. The van der Waals surface area contributed by atoms with Crippen molar-refractivity contribution in [1.29, 1.82) is 0 Å². The summed E-state index contributed by atoms with van der Waals surface area (Å²) in [5.41, 5.74) is -6.05. The molecule has 0 saturated heterocycles. The summed E-state index contributed by atoms with van der Waals surface area (Å²) in [6, 6.07) is 5.08. The normalized spacial score (nSPS) is 26.0. The van der Waals surface area contributed by atoms with Gasteiger partial charge in [-0.05, 0) is 16.5 Å². The van der Waals surface area contributed by atoms with Crippen LogP contribution in [-0.2, 0) is 5.41 Å². The van der Waals surface area contributed by atoms with Crippen LogP contribution in [0, 0.1) is 0 Å². The molecule has 2 rings (SSSR count). The van der Waals surface area contributed by atoms with Crippen LogP contribution in [0.25, 0.3) is 0 Å². The molecule has 1 atom stereocenters. The number of benzene rings is 1. The van der Waals surface area contributed by atoms with Crippen molar-refractivity contribution < 1.29 is 44.6 Å². The number of aliphatic hydroxyl groups is 1. The lowest BCUT2D eigenvalue weighted by molar-refractivity contribution is -0.303. The van der Waals surface area contributed by atoms with Crippen LogP contribution < -0.4 is 0 Å². The molecule has 1 aliphatic carbocycles. The zero-order valence-electron chi connectivity index (χ0n) is 14.4. The fourth-order valence-corrected chi connectivity index (χ4v) is 2.94. The van der Waals surface area contributed by atoms with Crippen LogP contribution in [0.5, 0.6) is 0 Å². The van der Waals surface area contributed by atoms with E-state index in [0.29, 0.717) is 5.56 Å². The van der Waals surface area contributed by atoms with Crippen LogP contribution in [0.2, 0.25) is 0 Å². The summed E-state index contributed by atoms with van der Waals surface area (Å²) in [4.78, 5) is 0. The fourth-order valence-electron chi connectivity index (χ4n) is 2.94. The van der Waals surface area contributed by atoms with Gasteiger partial charge >= 0.3 is 23.7 Å². The Morgan fingerprint density at radius 1 is 0.815 bits per heavy atom. The lowest BCUT2D eigenvalue weighted by atomic mass is 9.83. The van der Waals surface area contributed by atoms with Gasteiger partial charge in [0.15, 0.2) is 0 Å². The second-order valence-electron chi connectivity index (χ2n) is 7.69. The zero-order chi connectivity index (χ0) is 21.3. The maximum absolute atomic E-state index is 14.5. The Hall–Kier alpha value is -1.45. The van der Waals surface area contributed by atoms with E-state index < -0.39 is 47.3 Å². The highest BCUT2D eigenvalue weighted by atomic mass is 19.4. The first-order valence-corrected chi connectivity index (χ1v) is 7.83. The van der Waals surface area contributed by atoms with E-state index in [9.17, 15) is 44.6 Å². The Kier molecular flexibility index (Phi) is 4.67.